The minimum Gasteiger partial charge on any atom is -0.374 e. The first-order valence-corrected chi connectivity index (χ1v) is 5.21. The number of hydrogen-bond donors (Lipinski definition) is 0. The maximum atomic E-state index is 13.2. The van der Waals surface area contributed by atoms with Gasteiger partial charge < -0.3 is 4.74 Å². The zero-order valence-corrected chi connectivity index (χ0v) is 8.69. The van der Waals surface area contributed by atoms with Crippen molar-refractivity contribution in [1.29, 1.82) is 0 Å². The molecule has 0 aromatic heterocycles. The molecular formula is C11H12FNO3. The molecule has 5 heteroatoms. The lowest BCUT2D eigenvalue weighted by molar-refractivity contribution is -0.387. The van der Waals surface area contributed by atoms with Gasteiger partial charge in [-0.25, -0.2) is 0 Å². The van der Waals surface area contributed by atoms with E-state index in [0.717, 1.165) is 18.9 Å². The lowest BCUT2D eigenvalue weighted by Crippen LogP contribution is -2.21. The lowest BCUT2D eigenvalue weighted by Gasteiger charge is -2.25. The van der Waals surface area contributed by atoms with Gasteiger partial charge in [-0.3, -0.25) is 10.1 Å². The summed E-state index contributed by atoms with van der Waals surface area (Å²) in [7, 11) is 0. The Morgan fingerprint density at radius 1 is 1.50 bits per heavy atom. The van der Waals surface area contributed by atoms with Gasteiger partial charge >= 0.3 is 5.69 Å². The smallest absolute Gasteiger partial charge is 0.304 e. The molecule has 0 aliphatic heterocycles. The van der Waals surface area contributed by atoms with Crippen molar-refractivity contribution in [1.82, 2.24) is 0 Å². The molecule has 0 unspecified atom stereocenters. The Morgan fingerprint density at radius 3 is 2.75 bits per heavy atom. The molecule has 4 nitrogen and oxygen atoms in total. The molecular weight excluding hydrogens is 213 g/mol. The van der Waals surface area contributed by atoms with Gasteiger partial charge in [0.05, 0.1) is 17.6 Å². The number of rotatable bonds is 4. The van der Waals surface area contributed by atoms with Gasteiger partial charge in [0, 0.05) is 6.07 Å². The van der Waals surface area contributed by atoms with Crippen LogP contribution >= 0.6 is 0 Å². The van der Waals surface area contributed by atoms with Crippen molar-refractivity contribution in [3.63, 3.8) is 0 Å². The summed E-state index contributed by atoms with van der Waals surface area (Å²) in [6.07, 6.45) is 3.56. The van der Waals surface area contributed by atoms with Crippen molar-refractivity contribution in [3.8, 4) is 0 Å². The zero-order chi connectivity index (χ0) is 11.5. The van der Waals surface area contributed by atoms with Crippen LogP contribution in [0.3, 0.4) is 0 Å². The molecule has 1 aliphatic rings. The molecule has 0 amide bonds. The molecule has 1 aliphatic carbocycles. The maximum Gasteiger partial charge on any atom is 0.304 e. The third-order valence-electron chi connectivity index (χ3n) is 2.75. The van der Waals surface area contributed by atoms with Crippen molar-refractivity contribution in [2.75, 3.05) is 0 Å². The molecule has 0 heterocycles. The van der Waals surface area contributed by atoms with Crippen LogP contribution < -0.4 is 0 Å². The predicted molar refractivity (Wildman–Crippen MR) is 55.5 cm³/mol. The Labute approximate surface area is 92.2 Å². The molecule has 1 aromatic rings. The number of nitrogens with zero attached hydrogens (tertiary/aromatic N) is 1. The summed E-state index contributed by atoms with van der Waals surface area (Å²) in [6.45, 7) is 0.319. The summed E-state index contributed by atoms with van der Waals surface area (Å²) in [6, 6.07) is 3.87. The van der Waals surface area contributed by atoms with E-state index in [1.807, 2.05) is 0 Å². The van der Waals surface area contributed by atoms with Crippen LogP contribution in [-0.2, 0) is 11.3 Å². The molecule has 0 radical (unpaired) electrons. The van der Waals surface area contributed by atoms with Crippen LogP contribution in [0.2, 0.25) is 0 Å². The van der Waals surface area contributed by atoms with E-state index in [9.17, 15) is 14.5 Å². The first-order valence-electron chi connectivity index (χ1n) is 5.21. The average Bonchev–Trinajstić information content (AvgIpc) is 2.14. The number of ether oxygens (including phenoxy) is 1. The molecule has 1 fully saturated rings. The van der Waals surface area contributed by atoms with E-state index in [2.05, 4.69) is 0 Å². The van der Waals surface area contributed by atoms with Gasteiger partial charge in [0.2, 0.25) is 5.82 Å². The standard InChI is InChI=1S/C11H12FNO3/c12-10-6-8(4-5-11(10)13(14)15)7-16-9-2-1-3-9/h4-6,9H,1-3,7H2. The topological polar surface area (TPSA) is 52.4 Å². The first kappa shape index (κ1) is 11.0. The molecule has 1 aromatic carbocycles. The Balaban J connectivity index is 1.99. The minimum absolute atomic E-state index is 0.276. The van der Waals surface area contributed by atoms with Gasteiger partial charge in [0.1, 0.15) is 0 Å². The largest absolute Gasteiger partial charge is 0.374 e. The average molecular weight is 225 g/mol. The predicted octanol–water partition coefficient (Wildman–Crippen LogP) is 2.80. The second kappa shape index (κ2) is 4.57. The number of hydrogen-bond acceptors (Lipinski definition) is 3. The van der Waals surface area contributed by atoms with Crippen LogP contribution in [-0.4, -0.2) is 11.0 Å². The van der Waals surface area contributed by atoms with E-state index in [1.54, 1.807) is 0 Å². The number of nitro benzene ring substituents is 1. The second-order valence-corrected chi connectivity index (χ2v) is 3.91. The van der Waals surface area contributed by atoms with E-state index in [1.165, 1.54) is 18.6 Å². The minimum atomic E-state index is -0.806. The number of benzene rings is 1. The van der Waals surface area contributed by atoms with Gasteiger partial charge in [-0.05, 0) is 37.0 Å². The van der Waals surface area contributed by atoms with E-state index >= 15 is 0 Å². The second-order valence-electron chi connectivity index (χ2n) is 3.91. The normalized spacial score (nSPS) is 15.8. The van der Waals surface area contributed by atoms with Crippen LogP contribution in [0, 0.1) is 15.9 Å². The van der Waals surface area contributed by atoms with Crippen LogP contribution in [0.25, 0.3) is 0 Å². The highest BCUT2D eigenvalue weighted by Crippen LogP contribution is 2.24. The fraction of sp³-hybridized carbons (Fsp3) is 0.455. The Hall–Kier alpha value is -1.49. The quantitative estimate of drug-likeness (QED) is 0.584. The van der Waals surface area contributed by atoms with Gasteiger partial charge in [-0.15, -0.1) is 0 Å². The fourth-order valence-corrected chi connectivity index (χ4v) is 1.54. The van der Waals surface area contributed by atoms with Crippen molar-refractivity contribution in [3.05, 3.63) is 39.7 Å². The third-order valence-corrected chi connectivity index (χ3v) is 2.75. The molecule has 0 N–H and O–H groups in total. The van der Waals surface area contributed by atoms with E-state index < -0.39 is 16.4 Å². The highest BCUT2D eigenvalue weighted by Gasteiger charge is 2.18. The van der Waals surface area contributed by atoms with Crippen LogP contribution in [0.4, 0.5) is 10.1 Å². The summed E-state index contributed by atoms with van der Waals surface area (Å²) in [5, 5.41) is 10.4. The van der Waals surface area contributed by atoms with Crippen LogP contribution in [0.1, 0.15) is 24.8 Å². The van der Waals surface area contributed by atoms with Crippen LogP contribution in [0.5, 0.6) is 0 Å². The Bertz CT molecular complexity index is 404. The summed E-state index contributed by atoms with van der Waals surface area (Å²) < 4.78 is 18.7. The highest BCUT2D eigenvalue weighted by atomic mass is 19.1. The van der Waals surface area contributed by atoms with Crippen molar-refractivity contribution >= 4 is 5.69 Å². The monoisotopic (exact) mass is 225 g/mol. The summed E-state index contributed by atoms with van der Waals surface area (Å²) in [4.78, 5) is 9.66. The molecule has 2 rings (SSSR count). The van der Waals surface area contributed by atoms with Gasteiger partial charge in [-0.2, -0.15) is 4.39 Å². The third kappa shape index (κ3) is 2.36. The van der Waals surface area contributed by atoms with Gasteiger partial charge in [-0.1, -0.05) is 0 Å². The van der Waals surface area contributed by atoms with E-state index in [-0.39, 0.29) is 6.10 Å². The first-order chi connectivity index (χ1) is 7.66. The molecule has 0 atom stereocenters. The van der Waals surface area contributed by atoms with Crippen molar-refractivity contribution in [2.45, 2.75) is 32.0 Å². The number of halogens is 1. The molecule has 1 saturated carbocycles. The molecule has 16 heavy (non-hydrogen) atoms. The molecule has 86 valence electrons. The molecule has 0 bridgehead atoms. The van der Waals surface area contributed by atoms with Crippen molar-refractivity contribution in [2.24, 2.45) is 0 Å². The number of nitro groups is 1. The summed E-state index contributed by atoms with van der Waals surface area (Å²) >= 11 is 0. The molecule has 0 saturated heterocycles. The van der Waals surface area contributed by atoms with E-state index in [4.69, 9.17) is 4.74 Å². The maximum absolute atomic E-state index is 13.2. The van der Waals surface area contributed by atoms with E-state index in [0.29, 0.717) is 12.2 Å². The van der Waals surface area contributed by atoms with Gasteiger partial charge in [0.25, 0.3) is 0 Å². The van der Waals surface area contributed by atoms with Gasteiger partial charge in [0.15, 0.2) is 0 Å². The SMILES string of the molecule is O=[N+]([O-])c1ccc(COC2CCC2)cc1F. The highest BCUT2D eigenvalue weighted by molar-refractivity contribution is 5.34. The summed E-state index contributed by atoms with van der Waals surface area (Å²) in [5.41, 5.74) is 0.141. The van der Waals surface area contributed by atoms with Crippen LogP contribution in [0.15, 0.2) is 18.2 Å². The Kier molecular flexibility index (Phi) is 3.14. The summed E-state index contributed by atoms with van der Waals surface area (Å²) in [5.74, 6) is -0.806. The Morgan fingerprint density at radius 2 is 2.25 bits per heavy atom. The molecule has 0 spiro atoms. The zero-order valence-electron chi connectivity index (χ0n) is 8.69. The fourth-order valence-electron chi connectivity index (χ4n) is 1.54. The lowest BCUT2D eigenvalue weighted by atomic mass is 9.96. The van der Waals surface area contributed by atoms with Crippen molar-refractivity contribution < 1.29 is 14.1 Å².